The monoisotopic (exact) mass is 297 g/mol. The number of hydrogen-bond donors (Lipinski definition) is 2. The normalized spacial score (nSPS) is 16.9. The summed E-state index contributed by atoms with van der Waals surface area (Å²) in [5, 5.41) is 18.9. The first-order chi connectivity index (χ1) is 10.8. The largest absolute Gasteiger partial charge is 0.508 e. The topological polar surface area (TPSA) is 43.7 Å². The minimum Gasteiger partial charge on any atom is -0.508 e. The van der Waals surface area contributed by atoms with Gasteiger partial charge in [0.25, 0.3) is 0 Å². The molecule has 0 fully saturated rings. The number of phenolic OH excluding ortho intramolecular Hbond substituents is 1. The van der Waals surface area contributed by atoms with Crippen LogP contribution in [-0.2, 0) is 13.0 Å². The van der Waals surface area contributed by atoms with Crippen molar-refractivity contribution in [3.63, 3.8) is 0 Å². The zero-order valence-electron chi connectivity index (χ0n) is 12.8. The molecule has 3 heteroatoms. The van der Waals surface area contributed by atoms with Crippen molar-refractivity contribution < 1.29 is 10.2 Å². The first-order valence-corrected chi connectivity index (χ1v) is 7.98. The Bertz CT molecular complexity index is 626. The third-order valence-electron chi connectivity index (χ3n) is 4.44. The van der Waals surface area contributed by atoms with E-state index in [1.807, 2.05) is 18.2 Å². The summed E-state index contributed by atoms with van der Waals surface area (Å²) in [6.45, 7) is 1.88. The van der Waals surface area contributed by atoms with Crippen molar-refractivity contribution in [2.24, 2.45) is 0 Å². The highest BCUT2D eigenvalue weighted by Gasteiger charge is 2.27. The number of fused-ring (bicyclic) bond motifs is 1. The van der Waals surface area contributed by atoms with Gasteiger partial charge in [0.2, 0.25) is 0 Å². The molecular weight excluding hydrogens is 274 g/mol. The van der Waals surface area contributed by atoms with Gasteiger partial charge in [0.15, 0.2) is 0 Å². The Morgan fingerprint density at radius 3 is 2.77 bits per heavy atom. The van der Waals surface area contributed by atoms with E-state index in [2.05, 4.69) is 29.2 Å². The number of hydrogen-bond acceptors (Lipinski definition) is 3. The Hall–Kier alpha value is -1.84. The molecule has 3 rings (SSSR count). The average Bonchev–Trinajstić information content (AvgIpc) is 2.95. The number of aliphatic hydroxyl groups is 1. The van der Waals surface area contributed by atoms with Crippen LogP contribution in [0, 0.1) is 0 Å². The Morgan fingerprint density at radius 1 is 1.09 bits per heavy atom. The molecule has 3 nitrogen and oxygen atoms in total. The van der Waals surface area contributed by atoms with E-state index in [4.69, 9.17) is 0 Å². The van der Waals surface area contributed by atoms with Gasteiger partial charge in [-0.1, -0.05) is 36.4 Å². The predicted octanol–water partition coefficient (Wildman–Crippen LogP) is 3.26. The van der Waals surface area contributed by atoms with Gasteiger partial charge in [0.05, 0.1) is 0 Å². The van der Waals surface area contributed by atoms with Crippen molar-refractivity contribution in [2.75, 3.05) is 13.2 Å². The smallest absolute Gasteiger partial charge is 0.115 e. The lowest BCUT2D eigenvalue weighted by Gasteiger charge is -2.29. The Balaban J connectivity index is 1.81. The maximum absolute atomic E-state index is 9.67. The predicted molar refractivity (Wildman–Crippen MR) is 87.7 cm³/mol. The molecule has 1 aliphatic carbocycles. The van der Waals surface area contributed by atoms with E-state index in [0.29, 0.717) is 11.8 Å². The van der Waals surface area contributed by atoms with Gasteiger partial charge in [-0.05, 0) is 48.1 Å². The molecule has 0 radical (unpaired) electrons. The van der Waals surface area contributed by atoms with Crippen LogP contribution in [0.25, 0.3) is 0 Å². The number of benzene rings is 2. The van der Waals surface area contributed by atoms with Crippen LogP contribution in [0.4, 0.5) is 0 Å². The quantitative estimate of drug-likeness (QED) is 0.860. The fraction of sp³-hybridized carbons (Fsp3) is 0.368. The van der Waals surface area contributed by atoms with Gasteiger partial charge in [0.1, 0.15) is 5.75 Å². The number of aryl methyl sites for hydroxylation is 1. The van der Waals surface area contributed by atoms with Gasteiger partial charge in [-0.2, -0.15) is 0 Å². The molecule has 1 unspecified atom stereocenters. The Kier molecular flexibility index (Phi) is 4.76. The van der Waals surface area contributed by atoms with E-state index < -0.39 is 0 Å². The summed E-state index contributed by atoms with van der Waals surface area (Å²) in [5.74, 6) is 0.312. The lowest BCUT2D eigenvalue weighted by molar-refractivity contribution is 0.165. The van der Waals surface area contributed by atoms with Crippen molar-refractivity contribution in [3.8, 4) is 5.75 Å². The van der Waals surface area contributed by atoms with E-state index in [0.717, 1.165) is 37.9 Å². The van der Waals surface area contributed by atoms with Gasteiger partial charge in [-0.15, -0.1) is 0 Å². The molecule has 0 saturated heterocycles. The fourth-order valence-corrected chi connectivity index (χ4v) is 3.42. The summed E-state index contributed by atoms with van der Waals surface area (Å²) >= 11 is 0. The number of aliphatic hydroxyl groups excluding tert-OH is 1. The molecule has 0 aromatic heterocycles. The van der Waals surface area contributed by atoms with E-state index in [-0.39, 0.29) is 6.61 Å². The molecule has 0 saturated carbocycles. The molecule has 0 aliphatic heterocycles. The second kappa shape index (κ2) is 6.95. The molecule has 0 bridgehead atoms. The molecule has 0 spiro atoms. The minimum absolute atomic E-state index is 0.213. The maximum Gasteiger partial charge on any atom is 0.115 e. The van der Waals surface area contributed by atoms with Gasteiger partial charge in [-0.25, -0.2) is 0 Å². The third-order valence-corrected chi connectivity index (χ3v) is 4.44. The van der Waals surface area contributed by atoms with Crippen molar-refractivity contribution in [3.05, 3.63) is 65.2 Å². The lowest BCUT2D eigenvalue weighted by Crippen LogP contribution is -2.28. The third kappa shape index (κ3) is 3.32. The number of nitrogens with zero attached hydrogens (tertiary/aromatic N) is 1. The Labute approximate surface area is 131 Å². The van der Waals surface area contributed by atoms with E-state index >= 15 is 0 Å². The van der Waals surface area contributed by atoms with Crippen molar-refractivity contribution in [2.45, 2.75) is 31.8 Å². The van der Waals surface area contributed by atoms with Gasteiger partial charge >= 0.3 is 0 Å². The standard InChI is InChI=1S/C19H23NO2/c21-12-4-11-20(14-15-5-3-7-17(22)13-15)19-10-9-16-6-1-2-8-18(16)19/h1-3,5-8,13,19,21-22H,4,9-12,14H2. The van der Waals surface area contributed by atoms with Crippen LogP contribution in [0.15, 0.2) is 48.5 Å². The first-order valence-electron chi connectivity index (χ1n) is 7.98. The van der Waals surface area contributed by atoms with Crippen LogP contribution in [0.5, 0.6) is 5.75 Å². The molecule has 0 amide bonds. The maximum atomic E-state index is 9.67. The molecule has 1 atom stereocenters. The van der Waals surface area contributed by atoms with Gasteiger partial charge in [0, 0.05) is 25.7 Å². The number of rotatable bonds is 6. The van der Waals surface area contributed by atoms with Crippen LogP contribution >= 0.6 is 0 Å². The van der Waals surface area contributed by atoms with Crippen molar-refractivity contribution in [1.82, 2.24) is 4.90 Å². The SMILES string of the molecule is OCCCN(Cc1cccc(O)c1)C1CCc2ccccc21. The van der Waals surface area contributed by atoms with Crippen LogP contribution in [0.3, 0.4) is 0 Å². The second-order valence-electron chi connectivity index (χ2n) is 5.97. The first kappa shape index (κ1) is 15.1. The molecule has 0 heterocycles. The molecule has 2 aromatic rings. The van der Waals surface area contributed by atoms with Crippen LogP contribution in [-0.4, -0.2) is 28.3 Å². The number of aromatic hydroxyl groups is 1. The highest BCUT2D eigenvalue weighted by molar-refractivity contribution is 5.35. The van der Waals surface area contributed by atoms with Crippen molar-refractivity contribution in [1.29, 1.82) is 0 Å². The summed E-state index contributed by atoms with van der Waals surface area (Å²) in [7, 11) is 0. The zero-order valence-corrected chi connectivity index (χ0v) is 12.8. The lowest BCUT2D eigenvalue weighted by atomic mass is 10.1. The van der Waals surface area contributed by atoms with E-state index in [1.165, 1.54) is 11.1 Å². The number of phenols is 1. The molecule has 1 aliphatic rings. The Morgan fingerprint density at radius 2 is 1.95 bits per heavy atom. The van der Waals surface area contributed by atoms with Gasteiger partial charge < -0.3 is 10.2 Å². The summed E-state index contributed by atoms with van der Waals surface area (Å²) < 4.78 is 0. The molecular formula is C19H23NO2. The fourth-order valence-electron chi connectivity index (χ4n) is 3.42. The molecule has 2 N–H and O–H groups in total. The molecule has 2 aromatic carbocycles. The van der Waals surface area contributed by atoms with Crippen molar-refractivity contribution >= 4 is 0 Å². The van der Waals surface area contributed by atoms with E-state index in [1.54, 1.807) is 6.07 Å². The van der Waals surface area contributed by atoms with Crippen LogP contribution in [0.2, 0.25) is 0 Å². The molecule has 116 valence electrons. The van der Waals surface area contributed by atoms with E-state index in [9.17, 15) is 10.2 Å². The minimum atomic E-state index is 0.213. The highest BCUT2D eigenvalue weighted by atomic mass is 16.3. The zero-order chi connectivity index (χ0) is 15.4. The summed E-state index contributed by atoms with van der Waals surface area (Å²) in [4.78, 5) is 2.43. The summed E-state index contributed by atoms with van der Waals surface area (Å²) in [5.41, 5.74) is 3.97. The van der Waals surface area contributed by atoms with Gasteiger partial charge in [-0.3, -0.25) is 4.90 Å². The summed E-state index contributed by atoms with van der Waals surface area (Å²) in [6, 6.07) is 16.5. The summed E-state index contributed by atoms with van der Waals surface area (Å²) in [6.07, 6.45) is 3.03. The van der Waals surface area contributed by atoms with Crippen LogP contribution < -0.4 is 0 Å². The molecule has 22 heavy (non-hydrogen) atoms. The highest BCUT2D eigenvalue weighted by Crippen LogP contribution is 2.36. The second-order valence-corrected chi connectivity index (χ2v) is 5.97. The van der Waals surface area contributed by atoms with Crippen LogP contribution in [0.1, 0.15) is 35.6 Å². The average molecular weight is 297 g/mol.